The number of benzene rings is 2. The fraction of sp³-hybridized carbons (Fsp3) is 0.125. The van der Waals surface area contributed by atoms with Gasteiger partial charge in [0.15, 0.2) is 11.5 Å². The smallest absolute Gasteiger partial charge is 0.244 e. The lowest BCUT2D eigenvalue weighted by atomic mass is 10.1. The van der Waals surface area contributed by atoms with Crippen LogP contribution in [0.4, 0.5) is 0 Å². The van der Waals surface area contributed by atoms with Gasteiger partial charge in [-0.3, -0.25) is 4.79 Å². The van der Waals surface area contributed by atoms with Gasteiger partial charge in [-0.1, -0.05) is 30.3 Å². The highest BCUT2D eigenvalue weighted by molar-refractivity contribution is 7.13. The molecule has 0 unspecified atom stereocenters. The third kappa shape index (κ3) is 4.40. The Kier molecular flexibility index (Phi) is 5.67. The predicted molar refractivity (Wildman–Crippen MR) is 124 cm³/mol. The predicted octanol–water partition coefficient (Wildman–Crippen LogP) is 4.06. The quantitative estimate of drug-likeness (QED) is 0.359. The number of amides is 1. The minimum atomic E-state index is -0.217. The number of hydrazone groups is 1. The standard InChI is InChI=1S/C24H20N4O3S/c29-23(14-17-8-9-20-21(13-17)31-11-10-30-20)26-25-15-18-16-28(19-5-2-1-3-6-19)27-24(18)22-7-4-12-32-22/h1-9,12-13,15-16H,10-11,14H2,(H,26,29)/b25-15-. The summed E-state index contributed by atoms with van der Waals surface area (Å²) < 4.78 is 12.9. The van der Waals surface area contributed by atoms with E-state index < -0.39 is 0 Å². The highest BCUT2D eigenvalue weighted by Crippen LogP contribution is 2.31. The SMILES string of the molecule is O=C(Cc1ccc2c(c1)OCCO2)N/N=C\c1cn(-c2ccccc2)nc1-c1cccs1. The molecule has 2 aromatic carbocycles. The van der Waals surface area contributed by atoms with Crippen LogP contribution in [0.15, 0.2) is 77.3 Å². The molecule has 1 aliphatic heterocycles. The molecule has 1 N–H and O–H groups in total. The fourth-order valence-corrected chi connectivity index (χ4v) is 4.13. The molecule has 160 valence electrons. The molecule has 0 fully saturated rings. The number of thiophene rings is 1. The Bertz CT molecular complexity index is 1250. The highest BCUT2D eigenvalue weighted by atomic mass is 32.1. The Morgan fingerprint density at radius 1 is 1.09 bits per heavy atom. The maximum absolute atomic E-state index is 12.4. The van der Waals surface area contributed by atoms with Gasteiger partial charge in [-0.15, -0.1) is 11.3 Å². The van der Waals surface area contributed by atoms with Gasteiger partial charge >= 0.3 is 0 Å². The monoisotopic (exact) mass is 444 g/mol. The molecule has 0 saturated carbocycles. The molecule has 1 aliphatic rings. The summed E-state index contributed by atoms with van der Waals surface area (Å²) >= 11 is 1.60. The van der Waals surface area contributed by atoms with Crippen LogP contribution < -0.4 is 14.9 Å². The van der Waals surface area contributed by atoms with E-state index in [1.165, 1.54) is 0 Å². The van der Waals surface area contributed by atoms with Crippen molar-refractivity contribution in [2.75, 3.05) is 13.2 Å². The van der Waals surface area contributed by atoms with Crippen molar-refractivity contribution in [3.05, 3.63) is 83.4 Å². The number of fused-ring (bicyclic) bond motifs is 1. The molecule has 3 heterocycles. The molecule has 0 saturated heterocycles. The lowest BCUT2D eigenvalue weighted by Gasteiger charge is -2.18. The number of hydrogen-bond donors (Lipinski definition) is 1. The van der Waals surface area contributed by atoms with Crippen LogP contribution in [0, 0.1) is 0 Å². The average Bonchev–Trinajstić information content (AvgIpc) is 3.50. The first-order chi connectivity index (χ1) is 15.8. The molecule has 0 bridgehead atoms. The van der Waals surface area contributed by atoms with Gasteiger partial charge < -0.3 is 9.47 Å². The summed E-state index contributed by atoms with van der Waals surface area (Å²) in [6.07, 6.45) is 3.72. The van der Waals surface area contributed by atoms with E-state index in [0.29, 0.717) is 24.7 Å². The van der Waals surface area contributed by atoms with E-state index in [1.54, 1.807) is 17.6 Å². The molecule has 32 heavy (non-hydrogen) atoms. The summed E-state index contributed by atoms with van der Waals surface area (Å²) in [6.45, 7) is 1.05. The summed E-state index contributed by atoms with van der Waals surface area (Å²) in [6, 6.07) is 19.4. The molecule has 2 aromatic heterocycles. The number of hydrogen-bond acceptors (Lipinski definition) is 6. The molecule has 0 radical (unpaired) electrons. The zero-order chi connectivity index (χ0) is 21.8. The molecule has 0 aliphatic carbocycles. The summed E-state index contributed by atoms with van der Waals surface area (Å²) in [5.41, 5.74) is 6.02. The van der Waals surface area contributed by atoms with Crippen molar-refractivity contribution >= 4 is 23.5 Å². The Hall–Kier alpha value is -3.91. The minimum absolute atomic E-state index is 0.190. The van der Waals surface area contributed by atoms with Crippen molar-refractivity contribution in [1.29, 1.82) is 0 Å². The Morgan fingerprint density at radius 2 is 1.94 bits per heavy atom. The van der Waals surface area contributed by atoms with Crippen molar-refractivity contribution in [1.82, 2.24) is 15.2 Å². The Morgan fingerprint density at radius 3 is 2.75 bits per heavy atom. The largest absolute Gasteiger partial charge is 0.486 e. The van der Waals surface area contributed by atoms with Gasteiger partial charge in [-0.2, -0.15) is 10.2 Å². The molecular formula is C24H20N4O3S. The van der Waals surface area contributed by atoms with Crippen molar-refractivity contribution < 1.29 is 14.3 Å². The molecule has 0 atom stereocenters. The van der Waals surface area contributed by atoms with Gasteiger partial charge in [-0.25, -0.2) is 10.1 Å². The Labute approximate surface area is 188 Å². The highest BCUT2D eigenvalue weighted by Gasteiger charge is 2.14. The van der Waals surface area contributed by atoms with E-state index in [2.05, 4.69) is 10.5 Å². The lowest BCUT2D eigenvalue weighted by Crippen LogP contribution is -2.20. The molecule has 5 rings (SSSR count). The summed E-state index contributed by atoms with van der Waals surface area (Å²) in [7, 11) is 0. The number of ether oxygens (including phenoxy) is 2. The van der Waals surface area contributed by atoms with Crippen molar-refractivity contribution in [3.63, 3.8) is 0 Å². The van der Waals surface area contributed by atoms with Crippen LogP contribution in [0.3, 0.4) is 0 Å². The second-order valence-corrected chi connectivity index (χ2v) is 8.09. The van der Waals surface area contributed by atoms with Gasteiger partial charge in [0, 0.05) is 11.8 Å². The number of carbonyl (C=O) groups excluding carboxylic acids is 1. The number of para-hydroxylation sites is 1. The number of nitrogens with zero attached hydrogens (tertiary/aromatic N) is 3. The number of carbonyl (C=O) groups is 1. The van der Waals surface area contributed by atoms with E-state index in [0.717, 1.165) is 27.4 Å². The van der Waals surface area contributed by atoms with Crippen LogP contribution in [0.2, 0.25) is 0 Å². The third-order valence-electron chi connectivity index (χ3n) is 4.88. The van der Waals surface area contributed by atoms with E-state index >= 15 is 0 Å². The maximum atomic E-state index is 12.4. The molecule has 8 heteroatoms. The third-order valence-corrected chi connectivity index (χ3v) is 5.76. The first-order valence-electron chi connectivity index (χ1n) is 10.2. The van der Waals surface area contributed by atoms with Crippen molar-refractivity contribution in [2.45, 2.75) is 6.42 Å². The molecular weight excluding hydrogens is 424 g/mol. The van der Waals surface area contributed by atoms with E-state index in [-0.39, 0.29) is 12.3 Å². The number of aromatic nitrogens is 2. The van der Waals surface area contributed by atoms with E-state index in [9.17, 15) is 4.79 Å². The fourth-order valence-electron chi connectivity index (χ4n) is 3.40. The molecule has 0 spiro atoms. The number of rotatable bonds is 6. The topological polar surface area (TPSA) is 77.7 Å². The zero-order valence-corrected chi connectivity index (χ0v) is 17.9. The Balaban J connectivity index is 1.30. The molecule has 7 nitrogen and oxygen atoms in total. The van der Waals surface area contributed by atoms with Crippen LogP contribution >= 0.6 is 11.3 Å². The van der Waals surface area contributed by atoms with Gasteiger partial charge in [0.2, 0.25) is 5.91 Å². The van der Waals surface area contributed by atoms with Gasteiger partial charge in [0.1, 0.15) is 18.9 Å². The maximum Gasteiger partial charge on any atom is 0.244 e. The van der Waals surface area contributed by atoms with Crippen LogP contribution in [-0.2, 0) is 11.2 Å². The van der Waals surface area contributed by atoms with Crippen LogP contribution in [-0.4, -0.2) is 35.1 Å². The second kappa shape index (κ2) is 9.07. The second-order valence-electron chi connectivity index (χ2n) is 7.14. The number of nitrogens with one attached hydrogen (secondary N) is 1. The molecule has 4 aromatic rings. The summed E-state index contributed by atoms with van der Waals surface area (Å²) in [4.78, 5) is 13.4. The summed E-state index contributed by atoms with van der Waals surface area (Å²) in [5.74, 6) is 1.15. The normalized spacial score (nSPS) is 12.8. The minimum Gasteiger partial charge on any atom is -0.486 e. The first kappa shape index (κ1) is 20.0. The van der Waals surface area contributed by atoms with Gasteiger partial charge in [0.25, 0.3) is 0 Å². The zero-order valence-electron chi connectivity index (χ0n) is 17.1. The summed E-state index contributed by atoms with van der Waals surface area (Å²) in [5, 5.41) is 10.9. The van der Waals surface area contributed by atoms with Crippen LogP contribution in [0.25, 0.3) is 16.3 Å². The van der Waals surface area contributed by atoms with E-state index in [4.69, 9.17) is 14.6 Å². The van der Waals surface area contributed by atoms with E-state index in [1.807, 2.05) is 76.9 Å². The lowest BCUT2D eigenvalue weighted by molar-refractivity contribution is -0.120. The molecule has 1 amide bonds. The van der Waals surface area contributed by atoms with Crippen LogP contribution in [0.5, 0.6) is 11.5 Å². The van der Waals surface area contributed by atoms with Crippen molar-refractivity contribution in [2.24, 2.45) is 5.10 Å². The van der Waals surface area contributed by atoms with Gasteiger partial charge in [0.05, 0.1) is 23.2 Å². The van der Waals surface area contributed by atoms with Crippen molar-refractivity contribution in [3.8, 4) is 27.8 Å². The van der Waals surface area contributed by atoms with Gasteiger partial charge in [-0.05, 0) is 41.3 Å². The first-order valence-corrected chi connectivity index (χ1v) is 11.0. The van der Waals surface area contributed by atoms with Crippen LogP contribution in [0.1, 0.15) is 11.1 Å². The average molecular weight is 445 g/mol.